The van der Waals surface area contributed by atoms with Crippen LogP contribution in [0, 0.1) is 6.92 Å². The van der Waals surface area contributed by atoms with Gasteiger partial charge in [-0.3, -0.25) is 0 Å². The van der Waals surface area contributed by atoms with Crippen molar-refractivity contribution in [2.75, 3.05) is 19.5 Å². The number of aryl methyl sites for hydroxylation is 2. The maximum Gasteiger partial charge on any atom is 0.156 e. The van der Waals surface area contributed by atoms with Crippen molar-refractivity contribution in [3.63, 3.8) is 0 Å². The number of nitrogens with one attached hydrogen (secondary N) is 1. The fraction of sp³-hybridized carbons (Fsp3) is 0.357. The molecule has 0 aliphatic rings. The van der Waals surface area contributed by atoms with Crippen LogP contribution in [0.15, 0.2) is 18.2 Å². The first-order valence-electron chi connectivity index (χ1n) is 6.26. The van der Waals surface area contributed by atoms with E-state index in [1.165, 1.54) is 0 Å². The van der Waals surface area contributed by atoms with Gasteiger partial charge in [0.1, 0.15) is 17.3 Å². The number of methoxy groups -OCH3 is 1. The first-order chi connectivity index (χ1) is 9.19. The van der Waals surface area contributed by atoms with Gasteiger partial charge in [-0.2, -0.15) is 0 Å². The number of rotatable bonds is 4. The van der Waals surface area contributed by atoms with Crippen LogP contribution in [-0.2, 0) is 6.42 Å². The van der Waals surface area contributed by atoms with Crippen LogP contribution in [0.2, 0.25) is 0 Å². The Morgan fingerprint density at radius 2 is 2.05 bits per heavy atom. The van der Waals surface area contributed by atoms with E-state index in [0.29, 0.717) is 5.82 Å². The second-order valence-electron chi connectivity index (χ2n) is 4.19. The molecule has 0 atom stereocenters. The van der Waals surface area contributed by atoms with Gasteiger partial charge in [0.2, 0.25) is 0 Å². The van der Waals surface area contributed by atoms with Crippen molar-refractivity contribution < 1.29 is 4.74 Å². The third kappa shape index (κ3) is 2.65. The molecule has 1 N–H and O–H groups in total. The molecule has 0 saturated carbocycles. The molecule has 5 heteroatoms. The van der Waals surface area contributed by atoms with Crippen molar-refractivity contribution in [2.24, 2.45) is 0 Å². The summed E-state index contributed by atoms with van der Waals surface area (Å²) >= 11 is 0. The average molecular weight is 258 g/mol. The maximum atomic E-state index is 5.34. The van der Waals surface area contributed by atoms with Crippen molar-refractivity contribution in [3.8, 4) is 17.0 Å². The molecule has 0 aliphatic carbocycles. The summed E-state index contributed by atoms with van der Waals surface area (Å²) in [4.78, 5) is 4.35. The first kappa shape index (κ1) is 13.3. The van der Waals surface area contributed by atoms with E-state index < -0.39 is 0 Å². The smallest absolute Gasteiger partial charge is 0.156 e. The van der Waals surface area contributed by atoms with Crippen molar-refractivity contribution >= 4 is 5.82 Å². The number of nitrogens with zero attached hydrogens (tertiary/aromatic N) is 3. The molecule has 2 aromatic rings. The average Bonchev–Trinajstić information content (AvgIpc) is 2.46. The van der Waals surface area contributed by atoms with E-state index in [1.54, 1.807) is 7.11 Å². The Kier molecular flexibility index (Phi) is 3.94. The van der Waals surface area contributed by atoms with Crippen molar-refractivity contribution in [2.45, 2.75) is 20.3 Å². The van der Waals surface area contributed by atoms with Crippen LogP contribution >= 0.6 is 0 Å². The normalized spacial score (nSPS) is 10.3. The molecule has 0 radical (unpaired) electrons. The molecule has 19 heavy (non-hydrogen) atoms. The fourth-order valence-corrected chi connectivity index (χ4v) is 1.98. The zero-order valence-corrected chi connectivity index (χ0v) is 11.7. The molecule has 0 unspecified atom stereocenters. The van der Waals surface area contributed by atoms with Gasteiger partial charge in [0, 0.05) is 12.6 Å². The molecular weight excluding hydrogens is 240 g/mol. The second-order valence-corrected chi connectivity index (χ2v) is 4.19. The van der Waals surface area contributed by atoms with E-state index in [-0.39, 0.29) is 0 Å². The monoisotopic (exact) mass is 258 g/mol. The van der Waals surface area contributed by atoms with Crippen molar-refractivity contribution in [3.05, 3.63) is 29.6 Å². The molecule has 0 amide bonds. The van der Waals surface area contributed by atoms with E-state index in [1.807, 2.05) is 26.1 Å². The molecule has 1 aromatic heterocycles. The van der Waals surface area contributed by atoms with Crippen LogP contribution in [0.3, 0.4) is 0 Å². The summed E-state index contributed by atoms with van der Waals surface area (Å²) in [6.07, 6.45) is 0.901. The highest BCUT2D eigenvalue weighted by molar-refractivity contribution is 5.72. The van der Waals surface area contributed by atoms with Crippen LogP contribution in [0.5, 0.6) is 5.75 Å². The lowest BCUT2D eigenvalue weighted by Gasteiger charge is -2.11. The topological polar surface area (TPSA) is 59.9 Å². The predicted molar refractivity (Wildman–Crippen MR) is 75.5 cm³/mol. The zero-order valence-electron chi connectivity index (χ0n) is 11.7. The Balaban J connectivity index is 2.53. The Morgan fingerprint density at radius 3 is 2.68 bits per heavy atom. The highest BCUT2D eigenvalue weighted by atomic mass is 16.5. The highest BCUT2D eigenvalue weighted by Gasteiger charge is 2.11. The quantitative estimate of drug-likeness (QED) is 0.912. The third-order valence-corrected chi connectivity index (χ3v) is 2.96. The minimum Gasteiger partial charge on any atom is -0.496 e. The summed E-state index contributed by atoms with van der Waals surface area (Å²) in [6, 6.07) is 6.00. The standard InChI is InChI=1S/C14H18N4O/c1-5-10-8-11(6-7-12(10)19-4)13-14(15-3)16-9(2)17-18-13/h6-8H,5H2,1-4H3,(H,15,16,17). The van der Waals surface area contributed by atoms with Gasteiger partial charge in [0.15, 0.2) is 5.82 Å². The highest BCUT2D eigenvalue weighted by Crippen LogP contribution is 2.28. The van der Waals surface area contributed by atoms with Gasteiger partial charge in [0.05, 0.1) is 7.11 Å². The molecule has 100 valence electrons. The Bertz CT molecular complexity index is 584. The van der Waals surface area contributed by atoms with E-state index in [0.717, 1.165) is 34.8 Å². The SMILES string of the molecule is CCc1cc(-c2nnc(C)nc2NC)ccc1OC. The summed E-state index contributed by atoms with van der Waals surface area (Å²) < 4.78 is 5.34. The molecule has 2 rings (SSSR count). The van der Waals surface area contributed by atoms with Gasteiger partial charge in [0.25, 0.3) is 0 Å². The molecule has 0 aliphatic heterocycles. The predicted octanol–water partition coefficient (Wildman–Crippen LogP) is 2.46. The first-order valence-corrected chi connectivity index (χ1v) is 6.26. The molecule has 1 heterocycles. The summed E-state index contributed by atoms with van der Waals surface area (Å²) in [5.74, 6) is 2.28. The molecule has 0 fully saturated rings. The zero-order chi connectivity index (χ0) is 13.8. The van der Waals surface area contributed by atoms with Gasteiger partial charge < -0.3 is 10.1 Å². The maximum absolute atomic E-state index is 5.34. The van der Waals surface area contributed by atoms with Crippen LogP contribution < -0.4 is 10.1 Å². The number of hydrogen-bond donors (Lipinski definition) is 1. The molecule has 5 nitrogen and oxygen atoms in total. The number of benzene rings is 1. The molecular formula is C14H18N4O. The van der Waals surface area contributed by atoms with Gasteiger partial charge in [-0.1, -0.05) is 6.92 Å². The molecule has 1 aromatic carbocycles. The Hall–Kier alpha value is -2.17. The third-order valence-electron chi connectivity index (χ3n) is 2.96. The number of hydrogen-bond acceptors (Lipinski definition) is 5. The van der Waals surface area contributed by atoms with Gasteiger partial charge in [-0.15, -0.1) is 10.2 Å². The largest absolute Gasteiger partial charge is 0.496 e. The lowest BCUT2D eigenvalue weighted by Crippen LogP contribution is -2.03. The minimum atomic E-state index is 0.650. The van der Waals surface area contributed by atoms with Gasteiger partial charge in [-0.25, -0.2) is 4.98 Å². The second kappa shape index (κ2) is 5.65. The molecule has 0 spiro atoms. The van der Waals surface area contributed by atoms with Gasteiger partial charge >= 0.3 is 0 Å². The van der Waals surface area contributed by atoms with Crippen molar-refractivity contribution in [1.29, 1.82) is 0 Å². The lowest BCUT2D eigenvalue weighted by molar-refractivity contribution is 0.410. The van der Waals surface area contributed by atoms with Crippen LogP contribution in [-0.4, -0.2) is 29.3 Å². The summed E-state index contributed by atoms with van der Waals surface area (Å²) in [7, 11) is 3.51. The Morgan fingerprint density at radius 1 is 1.26 bits per heavy atom. The lowest BCUT2D eigenvalue weighted by atomic mass is 10.1. The molecule has 0 saturated heterocycles. The van der Waals surface area contributed by atoms with Crippen molar-refractivity contribution in [1.82, 2.24) is 15.2 Å². The van der Waals surface area contributed by atoms with Gasteiger partial charge in [-0.05, 0) is 37.1 Å². The summed E-state index contributed by atoms with van der Waals surface area (Å²) in [5.41, 5.74) is 2.89. The van der Waals surface area contributed by atoms with E-state index >= 15 is 0 Å². The number of anilines is 1. The Labute approximate surface area is 113 Å². The van der Waals surface area contributed by atoms with E-state index in [2.05, 4.69) is 33.5 Å². The van der Waals surface area contributed by atoms with Crippen LogP contribution in [0.4, 0.5) is 5.82 Å². The minimum absolute atomic E-state index is 0.650. The molecule has 0 bridgehead atoms. The van der Waals surface area contributed by atoms with Crippen LogP contribution in [0.1, 0.15) is 18.3 Å². The number of aromatic nitrogens is 3. The number of ether oxygens (including phenoxy) is 1. The van der Waals surface area contributed by atoms with E-state index in [4.69, 9.17) is 4.74 Å². The van der Waals surface area contributed by atoms with E-state index in [9.17, 15) is 0 Å². The summed E-state index contributed by atoms with van der Waals surface area (Å²) in [5, 5.41) is 11.3. The summed E-state index contributed by atoms with van der Waals surface area (Å²) in [6.45, 7) is 3.92. The van der Waals surface area contributed by atoms with Crippen LogP contribution in [0.25, 0.3) is 11.3 Å². The fourth-order valence-electron chi connectivity index (χ4n) is 1.98.